The molecule has 0 aromatic heterocycles. The maximum absolute atomic E-state index is 10.2. The van der Waals surface area contributed by atoms with Crippen LogP contribution < -0.4 is 5.19 Å². The third-order valence-corrected chi connectivity index (χ3v) is 1.46. The van der Waals surface area contributed by atoms with E-state index in [0.29, 0.717) is 0 Å². The average molecular weight is 121 g/mol. The van der Waals surface area contributed by atoms with E-state index in [1.807, 2.05) is 30.3 Å². The highest BCUT2D eigenvalue weighted by Gasteiger charge is 1.83. The summed E-state index contributed by atoms with van der Waals surface area (Å²) in [7, 11) is -0.320. The molecule has 0 aliphatic heterocycles. The summed E-state index contributed by atoms with van der Waals surface area (Å²) < 4.78 is 10.2. The van der Waals surface area contributed by atoms with E-state index in [1.165, 1.54) is 0 Å². The molecule has 0 bridgehead atoms. The first-order valence-corrected chi connectivity index (χ1v) is 3.27. The Kier molecular flexibility index (Phi) is 1.69. The Labute approximate surface area is 50.2 Å². The summed E-state index contributed by atoms with van der Waals surface area (Å²) in [5.41, 5.74) is 0. The minimum atomic E-state index is -0.320. The normalized spacial score (nSPS) is 8.50. The van der Waals surface area contributed by atoms with Crippen LogP contribution in [-0.4, -0.2) is 9.41 Å². The Balaban J connectivity index is 2.99. The molecule has 0 saturated heterocycles. The third kappa shape index (κ3) is 1.10. The van der Waals surface area contributed by atoms with Gasteiger partial charge in [0.1, 0.15) is 0 Å². The van der Waals surface area contributed by atoms with Gasteiger partial charge in [0.05, 0.1) is 0 Å². The lowest BCUT2D eigenvalue weighted by Gasteiger charge is -1.80. The summed E-state index contributed by atoms with van der Waals surface area (Å²) in [6.07, 6.45) is 0. The minimum absolute atomic E-state index is 0.320. The highest BCUT2D eigenvalue weighted by molar-refractivity contribution is 6.38. The molecule has 1 nitrogen and oxygen atoms in total. The maximum atomic E-state index is 10.2. The molecule has 1 aromatic rings. The molecule has 0 fully saturated rings. The Morgan fingerprint density at radius 3 is 2.12 bits per heavy atom. The molecule has 0 amide bonds. The van der Waals surface area contributed by atoms with Crippen molar-refractivity contribution in [2.24, 2.45) is 0 Å². The Morgan fingerprint density at radius 1 is 1.12 bits per heavy atom. The standard InChI is InChI=1S/C6H5OSi/c7-8-6-4-2-1-3-5-6/h1-5H. The first-order valence-electron chi connectivity index (χ1n) is 2.36. The lowest BCUT2D eigenvalue weighted by atomic mass is 10.4. The quantitative estimate of drug-likeness (QED) is 0.490. The van der Waals surface area contributed by atoms with Crippen LogP contribution in [0.3, 0.4) is 0 Å². The predicted molar refractivity (Wildman–Crippen MR) is 32.5 cm³/mol. The maximum Gasteiger partial charge on any atom is 0.365 e. The molecule has 2 heteroatoms. The van der Waals surface area contributed by atoms with Crippen LogP contribution in [0.1, 0.15) is 0 Å². The van der Waals surface area contributed by atoms with Gasteiger partial charge in [-0.25, -0.2) is 0 Å². The number of rotatable bonds is 1. The van der Waals surface area contributed by atoms with Gasteiger partial charge in [-0.3, -0.25) is 0 Å². The summed E-state index contributed by atoms with van der Waals surface area (Å²) in [6.45, 7) is 0. The van der Waals surface area contributed by atoms with E-state index in [2.05, 4.69) is 0 Å². The van der Waals surface area contributed by atoms with Gasteiger partial charge in [0.15, 0.2) is 0 Å². The summed E-state index contributed by atoms with van der Waals surface area (Å²) in [5.74, 6) is 0. The van der Waals surface area contributed by atoms with E-state index in [4.69, 9.17) is 0 Å². The molecule has 1 rings (SSSR count). The van der Waals surface area contributed by atoms with E-state index in [9.17, 15) is 4.46 Å². The topological polar surface area (TPSA) is 17.1 Å². The van der Waals surface area contributed by atoms with Gasteiger partial charge in [-0.2, -0.15) is 0 Å². The molecule has 0 aliphatic rings. The van der Waals surface area contributed by atoms with E-state index in [-0.39, 0.29) is 9.41 Å². The van der Waals surface area contributed by atoms with Crippen LogP contribution in [0, 0.1) is 0 Å². The molecule has 1 aromatic carbocycles. The summed E-state index contributed by atoms with van der Waals surface area (Å²) in [4.78, 5) is 0. The number of benzene rings is 1. The van der Waals surface area contributed by atoms with Crippen molar-refractivity contribution in [3.63, 3.8) is 0 Å². The molecule has 8 heavy (non-hydrogen) atoms. The SMILES string of the molecule is O=[Si]c1ccccc1. The first kappa shape index (κ1) is 5.38. The van der Waals surface area contributed by atoms with Crippen molar-refractivity contribution in [3.8, 4) is 0 Å². The van der Waals surface area contributed by atoms with Crippen molar-refractivity contribution in [1.29, 1.82) is 0 Å². The Bertz CT molecular complexity index is 171. The van der Waals surface area contributed by atoms with Gasteiger partial charge >= 0.3 is 9.41 Å². The number of hydrogen-bond donors (Lipinski definition) is 0. The zero-order valence-corrected chi connectivity index (χ0v) is 5.29. The molecule has 0 heterocycles. The number of hydrogen-bond acceptors (Lipinski definition) is 1. The van der Waals surface area contributed by atoms with Gasteiger partial charge in [0, 0.05) is 0 Å². The van der Waals surface area contributed by atoms with Crippen molar-refractivity contribution >= 4 is 14.6 Å². The second-order valence-corrected chi connectivity index (χ2v) is 2.25. The zero-order chi connectivity index (χ0) is 5.82. The Hall–Kier alpha value is -0.763. The van der Waals surface area contributed by atoms with E-state index in [1.54, 1.807) is 0 Å². The third-order valence-electron chi connectivity index (χ3n) is 0.892. The van der Waals surface area contributed by atoms with Crippen LogP contribution in [0.2, 0.25) is 0 Å². The van der Waals surface area contributed by atoms with Crippen molar-refractivity contribution in [3.05, 3.63) is 30.3 Å². The minimum Gasteiger partial charge on any atom is -0.378 e. The van der Waals surface area contributed by atoms with Crippen LogP contribution in [-0.2, 0) is 4.46 Å². The fourth-order valence-electron chi connectivity index (χ4n) is 0.506. The van der Waals surface area contributed by atoms with Crippen LogP contribution in [0.5, 0.6) is 0 Å². The molecule has 0 unspecified atom stereocenters. The molecule has 0 N–H and O–H groups in total. The second-order valence-electron chi connectivity index (χ2n) is 1.47. The van der Waals surface area contributed by atoms with E-state index >= 15 is 0 Å². The highest BCUT2D eigenvalue weighted by Crippen LogP contribution is 1.77. The molecular formula is C6H5OSi. The van der Waals surface area contributed by atoms with Gasteiger partial charge in [-0.15, -0.1) is 0 Å². The fourth-order valence-corrected chi connectivity index (χ4v) is 0.835. The fraction of sp³-hybridized carbons (Fsp3) is 0. The summed E-state index contributed by atoms with van der Waals surface area (Å²) >= 11 is 0. The average Bonchev–Trinajstić information content (AvgIpc) is 1.90. The molecule has 0 spiro atoms. The van der Waals surface area contributed by atoms with Crippen molar-refractivity contribution < 1.29 is 4.46 Å². The van der Waals surface area contributed by atoms with Crippen molar-refractivity contribution in [1.82, 2.24) is 0 Å². The smallest absolute Gasteiger partial charge is 0.365 e. The Morgan fingerprint density at radius 2 is 1.75 bits per heavy atom. The lowest BCUT2D eigenvalue weighted by Crippen LogP contribution is -2.02. The lowest BCUT2D eigenvalue weighted by molar-refractivity contribution is 0.583. The summed E-state index contributed by atoms with van der Waals surface area (Å²) in [5, 5.41) is 0.882. The van der Waals surface area contributed by atoms with Crippen molar-refractivity contribution in [2.45, 2.75) is 0 Å². The summed E-state index contributed by atoms with van der Waals surface area (Å²) in [6, 6.07) is 9.33. The van der Waals surface area contributed by atoms with Crippen molar-refractivity contribution in [2.75, 3.05) is 0 Å². The molecule has 39 valence electrons. The molecule has 0 atom stereocenters. The zero-order valence-electron chi connectivity index (χ0n) is 4.29. The second kappa shape index (κ2) is 2.52. The highest BCUT2D eigenvalue weighted by atomic mass is 28.2. The molecule has 0 saturated carbocycles. The predicted octanol–water partition coefficient (Wildman–Crippen LogP) is 0.362. The van der Waals surface area contributed by atoms with Crippen LogP contribution in [0.15, 0.2) is 30.3 Å². The van der Waals surface area contributed by atoms with Gasteiger partial charge < -0.3 is 4.46 Å². The van der Waals surface area contributed by atoms with Crippen LogP contribution in [0.4, 0.5) is 0 Å². The molecular weight excluding hydrogens is 116 g/mol. The van der Waals surface area contributed by atoms with Crippen LogP contribution in [0.25, 0.3) is 0 Å². The van der Waals surface area contributed by atoms with Gasteiger partial charge in [0.25, 0.3) is 0 Å². The van der Waals surface area contributed by atoms with E-state index in [0.717, 1.165) is 5.19 Å². The van der Waals surface area contributed by atoms with E-state index < -0.39 is 0 Å². The monoisotopic (exact) mass is 121 g/mol. The van der Waals surface area contributed by atoms with Gasteiger partial charge in [0.2, 0.25) is 0 Å². The van der Waals surface area contributed by atoms with Gasteiger partial charge in [-0.05, 0) is 5.19 Å². The first-order chi connectivity index (χ1) is 3.93. The van der Waals surface area contributed by atoms with Crippen LogP contribution >= 0.6 is 0 Å². The largest absolute Gasteiger partial charge is 0.378 e. The van der Waals surface area contributed by atoms with Gasteiger partial charge in [-0.1, -0.05) is 30.3 Å². The molecule has 0 aliphatic carbocycles. The molecule has 1 radical (unpaired) electrons.